The number of ether oxygens (including phenoxy) is 1. The van der Waals surface area contributed by atoms with Crippen molar-refractivity contribution in [3.63, 3.8) is 0 Å². The SMILES string of the molecule is CCCC(OC(N)c1ccccc1)c1cccc(-c2ccc(C3=NC4C=CC=CC4c4cc5c(cc43)C3(c4ccccc4-c4ccccc43)c3ccccc3-5)cc2)c1. The van der Waals surface area contributed by atoms with Crippen LogP contribution in [-0.4, -0.2) is 11.8 Å². The standard InChI is InChI=1S/C55H44N2O/c1-2-15-52(58-54(56)37-16-4-3-5-17-37)39-19-14-18-38(32-39)35-28-30-36(31-29-35)53-46-34-50-45(33-44(46)43-23-9-13-27-51(43)57-53)42-22-8-12-26-49(42)55(50)47-24-10-6-20-40(47)41-21-7-11-25-48(41)55/h3-14,16-34,43,51-52,54H,2,15,56H2,1H3. The Labute approximate surface area is 340 Å². The third-order valence-corrected chi connectivity index (χ3v) is 12.9. The molecule has 3 nitrogen and oxygen atoms in total. The first-order valence-electron chi connectivity index (χ1n) is 20.7. The van der Waals surface area contributed by atoms with Gasteiger partial charge < -0.3 is 10.5 Å². The van der Waals surface area contributed by atoms with Crippen molar-refractivity contribution in [1.29, 1.82) is 0 Å². The van der Waals surface area contributed by atoms with Gasteiger partial charge in [0.25, 0.3) is 0 Å². The molecule has 1 aliphatic heterocycles. The van der Waals surface area contributed by atoms with Crippen molar-refractivity contribution in [3.8, 4) is 33.4 Å². The zero-order chi connectivity index (χ0) is 38.8. The first kappa shape index (κ1) is 34.8. The van der Waals surface area contributed by atoms with E-state index in [1.165, 1.54) is 55.6 Å². The van der Waals surface area contributed by atoms with E-state index in [1.807, 2.05) is 30.3 Å². The van der Waals surface area contributed by atoms with E-state index >= 15 is 0 Å². The minimum absolute atomic E-state index is 0.0400. The Morgan fingerprint density at radius 3 is 1.84 bits per heavy atom. The molecule has 3 heteroatoms. The minimum atomic E-state index is -0.489. The Morgan fingerprint density at radius 2 is 1.16 bits per heavy atom. The molecule has 4 aliphatic rings. The van der Waals surface area contributed by atoms with Gasteiger partial charge in [-0.25, -0.2) is 0 Å². The maximum absolute atomic E-state index is 6.56. The highest BCUT2D eigenvalue weighted by Gasteiger charge is 2.52. The van der Waals surface area contributed by atoms with E-state index in [-0.39, 0.29) is 18.1 Å². The maximum Gasteiger partial charge on any atom is 0.132 e. The predicted octanol–water partition coefficient (Wildman–Crippen LogP) is 12.6. The molecule has 58 heavy (non-hydrogen) atoms. The number of hydrogen-bond acceptors (Lipinski definition) is 3. The van der Waals surface area contributed by atoms with Crippen molar-refractivity contribution < 1.29 is 4.74 Å². The minimum Gasteiger partial charge on any atom is -0.351 e. The van der Waals surface area contributed by atoms with Crippen LogP contribution in [0.3, 0.4) is 0 Å². The van der Waals surface area contributed by atoms with Crippen LogP contribution < -0.4 is 5.73 Å². The van der Waals surface area contributed by atoms with Crippen LogP contribution in [0.1, 0.15) is 88.1 Å². The van der Waals surface area contributed by atoms with E-state index < -0.39 is 11.6 Å². The Kier molecular flexibility index (Phi) is 8.36. The average molecular weight is 749 g/mol. The Hall–Kier alpha value is -6.39. The summed E-state index contributed by atoms with van der Waals surface area (Å²) < 4.78 is 6.51. The number of aliphatic imine (C=N–C) groups is 1. The molecule has 3 aliphatic carbocycles. The first-order chi connectivity index (χ1) is 28.6. The number of rotatable bonds is 8. The number of nitrogens with two attached hydrogens (primary N) is 1. The Morgan fingerprint density at radius 1 is 0.552 bits per heavy atom. The summed E-state index contributed by atoms with van der Waals surface area (Å²) in [5.74, 6) is 0.177. The van der Waals surface area contributed by atoms with Crippen LogP contribution in [0, 0.1) is 0 Å². The first-order valence-corrected chi connectivity index (χ1v) is 20.7. The normalized spacial score (nSPS) is 18.3. The van der Waals surface area contributed by atoms with E-state index in [2.05, 4.69) is 165 Å². The number of allylic oxidation sites excluding steroid dienone is 2. The van der Waals surface area contributed by atoms with Crippen molar-refractivity contribution >= 4 is 5.71 Å². The van der Waals surface area contributed by atoms with Gasteiger partial charge in [0.2, 0.25) is 0 Å². The molecule has 0 aromatic heterocycles. The quantitative estimate of drug-likeness (QED) is 0.157. The molecule has 7 aromatic carbocycles. The lowest BCUT2D eigenvalue weighted by Gasteiger charge is -2.34. The summed E-state index contributed by atoms with van der Waals surface area (Å²) in [4.78, 5) is 5.56. The van der Waals surface area contributed by atoms with Crippen molar-refractivity contribution in [3.05, 3.63) is 238 Å². The molecule has 11 rings (SSSR count). The van der Waals surface area contributed by atoms with Gasteiger partial charge in [-0.1, -0.05) is 183 Å². The highest BCUT2D eigenvalue weighted by molar-refractivity contribution is 6.16. The second-order valence-corrected chi connectivity index (χ2v) is 16.1. The van der Waals surface area contributed by atoms with Gasteiger partial charge in [0.15, 0.2) is 0 Å². The molecule has 0 saturated heterocycles. The van der Waals surface area contributed by atoms with Gasteiger partial charge in [-0.3, -0.25) is 4.99 Å². The predicted molar refractivity (Wildman–Crippen MR) is 237 cm³/mol. The molecule has 4 atom stereocenters. The zero-order valence-electron chi connectivity index (χ0n) is 32.6. The van der Waals surface area contributed by atoms with E-state index in [4.69, 9.17) is 15.5 Å². The number of hydrogen-bond donors (Lipinski definition) is 1. The smallest absolute Gasteiger partial charge is 0.132 e. The van der Waals surface area contributed by atoms with E-state index in [0.29, 0.717) is 0 Å². The summed E-state index contributed by atoms with van der Waals surface area (Å²) in [6, 6.07) is 60.0. The zero-order valence-corrected chi connectivity index (χ0v) is 32.6. The number of nitrogens with zero attached hydrogens (tertiary/aromatic N) is 1. The average Bonchev–Trinajstić information content (AvgIpc) is 3.75. The maximum atomic E-state index is 6.56. The molecular weight excluding hydrogens is 705 g/mol. The van der Waals surface area contributed by atoms with Crippen LogP contribution in [-0.2, 0) is 10.2 Å². The third-order valence-electron chi connectivity index (χ3n) is 12.9. The number of benzene rings is 7. The van der Waals surface area contributed by atoms with E-state index in [9.17, 15) is 0 Å². The Bertz CT molecular complexity index is 2770. The van der Waals surface area contributed by atoms with Crippen molar-refractivity contribution in [2.75, 3.05) is 0 Å². The molecule has 0 bridgehead atoms. The van der Waals surface area contributed by atoms with Gasteiger partial charge in [-0.15, -0.1) is 0 Å². The molecule has 0 fully saturated rings. The highest BCUT2D eigenvalue weighted by atomic mass is 16.5. The molecule has 0 saturated carbocycles. The van der Waals surface area contributed by atoms with Crippen molar-refractivity contribution in [1.82, 2.24) is 0 Å². The number of fused-ring (bicyclic) bond motifs is 13. The molecule has 280 valence electrons. The molecule has 0 radical (unpaired) electrons. The summed E-state index contributed by atoms with van der Waals surface area (Å²) in [7, 11) is 0. The van der Waals surface area contributed by atoms with Gasteiger partial charge in [0.1, 0.15) is 6.23 Å². The van der Waals surface area contributed by atoms with Gasteiger partial charge >= 0.3 is 0 Å². The van der Waals surface area contributed by atoms with Crippen LogP contribution >= 0.6 is 0 Å². The Balaban J connectivity index is 1.01. The fourth-order valence-corrected chi connectivity index (χ4v) is 10.3. The van der Waals surface area contributed by atoms with Gasteiger partial charge in [-0.05, 0) is 96.9 Å². The molecule has 0 amide bonds. The molecule has 2 N–H and O–H groups in total. The van der Waals surface area contributed by atoms with Gasteiger partial charge in [0, 0.05) is 17.0 Å². The van der Waals surface area contributed by atoms with Gasteiger partial charge in [0.05, 0.1) is 23.3 Å². The molecule has 1 spiro atoms. The lowest BCUT2D eigenvalue weighted by molar-refractivity contribution is -0.0167. The monoisotopic (exact) mass is 748 g/mol. The summed E-state index contributed by atoms with van der Waals surface area (Å²) in [5, 5.41) is 0. The van der Waals surface area contributed by atoms with Crippen molar-refractivity contribution in [2.45, 2.75) is 49.5 Å². The highest BCUT2D eigenvalue weighted by Crippen LogP contribution is 2.63. The molecule has 4 unspecified atom stereocenters. The van der Waals surface area contributed by atoms with E-state index in [1.54, 1.807) is 0 Å². The second-order valence-electron chi connectivity index (χ2n) is 16.1. The lowest BCUT2D eigenvalue weighted by Crippen LogP contribution is -2.29. The van der Waals surface area contributed by atoms with Crippen molar-refractivity contribution in [2.24, 2.45) is 10.7 Å². The molecular formula is C55H44N2O. The third kappa shape index (κ3) is 5.31. The van der Waals surface area contributed by atoms with Crippen LogP contribution in [0.15, 0.2) is 193 Å². The lowest BCUT2D eigenvalue weighted by atomic mass is 9.69. The fraction of sp³-hybridized carbons (Fsp3) is 0.145. The molecule has 7 aromatic rings. The summed E-state index contributed by atoms with van der Waals surface area (Å²) >= 11 is 0. The van der Waals surface area contributed by atoms with Crippen LogP contribution in [0.25, 0.3) is 33.4 Å². The van der Waals surface area contributed by atoms with E-state index in [0.717, 1.165) is 46.4 Å². The fourth-order valence-electron chi connectivity index (χ4n) is 10.3. The van der Waals surface area contributed by atoms with Gasteiger partial charge in [-0.2, -0.15) is 0 Å². The second kappa shape index (κ2) is 13.9. The van der Waals surface area contributed by atoms with Crippen LogP contribution in [0.4, 0.5) is 0 Å². The summed E-state index contributed by atoms with van der Waals surface area (Å²) in [5.41, 5.74) is 26.0. The van der Waals surface area contributed by atoms with Crippen LogP contribution in [0.5, 0.6) is 0 Å². The summed E-state index contributed by atoms with van der Waals surface area (Å²) in [6.45, 7) is 2.19. The topological polar surface area (TPSA) is 47.6 Å². The van der Waals surface area contributed by atoms with Crippen LogP contribution in [0.2, 0.25) is 0 Å². The molecule has 1 heterocycles. The largest absolute Gasteiger partial charge is 0.351 e. The summed E-state index contributed by atoms with van der Waals surface area (Å²) in [6.07, 6.45) is 10.2.